The molecule has 2 heteroatoms. The summed E-state index contributed by atoms with van der Waals surface area (Å²) in [6, 6.07) is 0. The van der Waals surface area contributed by atoms with Crippen molar-refractivity contribution >= 4 is 5.78 Å². The standard InChI is InChI=1S/C28H46O2/c1-18(7-12-25(30)26(2,3)4)22-10-11-23-21-9-8-19-17-20(29)13-15-27(19,5)24(21)14-16-28(22,23)6/h8,18,20-24,29H,7,9-17H2,1-6H3/t18-,20-,21+,22-,23+,24+,27+,28-/m1/s1. The summed E-state index contributed by atoms with van der Waals surface area (Å²) in [6.07, 6.45) is 14.1. The molecule has 0 aromatic heterocycles. The topological polar surface area (TPSA) is 37.3 Å². The van der Waals surface area contributed by atoms with Gasteiger partial charge in [0.2, 0.25) is 0 Å². The molecule has 0 spiro atoms. The minimum atomic E-state index is -0.199. The predicted molar refractivity (Wildman–Crippen MR) is 124 cm³/mol. The van der Waals surface area contributed by atoms with Gasteiger partial charge >= 0.3 is 0 Å². The van der Waals surface area contributed by atoms with E-state index < -0.39 is 0 Å². The van der Waals surface area contributed by atoms with E-state index in [-0.39, 0.29) is 11.5 Å². The third kappa shape index (κ3) is 3.63. The first kappa shape index (κ1) is 22.6. The molecule has 0 aromatic carbocycles. The molecule has 0 saturated heterocycles. The maximum atomic E-state index is 12.5. The van der Waals surface area contributed by atoms with Crippen molar-refractivity contribution in [3.8, 4) is 0 Å². The third-order valence-corrected chi connectivity index (χ3v) is 10.5. The van der Waals surface area contributed by atoms with Crippen LogP contribution in [-0.2, 0) is 4.79 Å². The average Bonchev–Trinajstić information content (AvgIpc) is 3.03. The summed E-state index contributed by atoms with van der Waals surface area (Å²) in [4.78, 5) is 12.5. The Morgan fingerprint density at radius 1 is 1.13 bits per heavy atom. The molecule has 8 atom stereocenters. The number of fused-ring (bicyclic) bond motifs is 5. The van der Waals surface area contributed by atoms with E-state index >= 15 is 0 Å². The second-order valence-corrected chi connectivity index (χ2v) is 13.1. The van der Waals surface area contributed by atoms with E-state index in [9.17, 15) is 9.90 Å². The highest BCUT2D eigenvalue weighted by molar-refractivity contribution is 5.83. The largest absolute Gasteiger partial charge is 0.393 e. The second-order valence-electron chi connectivity index (χ2n) is 13.1. The van der Waals surface area contributed by atoms with Crippen molar-refractivity contribution in [1.82, 2.24) is 0 Å². The normalized spacial score (nSPS) is 44.5. The summed E-state index contributed by atoms with van der Waals surface area (Å²) >= 11 is 0. The van der Waals surface area contributed by atoms with E-state index in [0.29, 0.717) is 22.5 Å². The van der Waals surface area contributed by atoms with E-state index in [1.807, 2.05) is 0 Å². The zero-order chi connectivity index (χ0) is 21.9. The van der Waals surface area contributed by atoms with Crippen LogP contribution in [0.5, 0.6) is 0 Å². The van der Waals surface area contributed by atoms with Crippen LogP contribution in [0.4, 0.5) is 0 Å². The number of hydrogen-bond acceptors (Lipinski definition) is 2. The molecule has 0 radical (unpaired) electrons. The van der Waals surface area contributed by atoms with Gasteiger partial charge in [-0.25, -0.2) is 0 Å². The molecule has 1 N–H and O–H groups in total. The summed E-state index contributed by atoms with van der Waals surface area (Å²) in [6.45, 7) is 13.7. The van der Waals surface area contributed by atoms with Crippen LogP contribution in [-0.4, -0.2) is 17.0 Å². The number of Topliss-reactive ketones (excluding diaryl/α,β-unsaturated/α-hetero) is 1. The van der Waals surface area contributed by atoms with Crippen LogP contribution in [0.1, 0.15) is 106 Å². The Balaban J connectivity index is 1.48. The zero-order valence-corrected chi connectivity index (χ0v) is 20.5. The van der Waals surface area contributed by atoms with Gasteiger partial charge in [0.15, 0.2) is 0 Å². The second kappa shape index (κ2) is 7.75. The zero-order valence-electron chi connectivity index (χ0n) is 20.5. The maximum Gasteiger partial charge on any atom is 0.138 e. The van der Waals surface area contributed by atoms with Crippen LogP contribution in [0.25, 0.3) is 0 Å². The van der Waals surface area contributed by atoms with Gasteiger partial charge in [-0.05, 0) is 98.2 Å². The van der Waals surface area contributed by atoms with Crippen molar-refractivity contribution in [3.63, 3.8) is 0 Å². The van der Waals surface area contributed by atoms with Gasteiger partial charge in [-0.3, -0.25) is 4.79 Å². The molecule has 30 heavy (non-hydrogen) atoms. The van der Waals surface area contributed by atoms with E-state index in [0.717, 1.165) is 49.4 Å². The van der Waals surface area contributed by atoms with Crippen molar-refractivity contribution in [2.45, 2.75) is 112 Å². The molecule has 0 aromatic rings. The Kier molecular flexibility index (Phi) is 5.83. The number of aliphatic hydroxyl groups excluding tert-OH is 1. The van der Waals surface area contributed by atoms with Crippen LogP contribution in [0.15, 0.2) is 11.6 Å². The number of rotatable bonds is 4. The molecule has 2 nitrogen and oxygen atoms in total. The van der Waals surface area contributed by atoms with Gasteiger partial charge in [-0.1, -0.05) is 53.2 Å². The highest BCUT2D eigenvalue weighted by atomic mass is 16.3. The van der Waals surface area contributed by atoms with Gasteiger partial charge in [0.1, 0.15) is 5.78 Å². The number of aliphatic hydroxyl groups is 1. The summed E-state index contributed by atoms with van der Waals surface area (Å²) in [7, 11) is 0. The van der Waals surface area contributed by atoms with Crippen LogP contribution >= 0.6 is 0 Å². The lowest BCUT2D eigenvalue weighted by Crippen LogP contribution is -2.50. The first-order valence-corrected chi connectivity index (χ1v) is 12.9. The molecular weight excluding hydrogens is 368 g/mol. The average molecular weight is 415 g/mol. The van der Waals surface area contributed by atoms with Gasteiger partial charge < -0.3 is 5.11 Å². The maximum absolute atomic E-state index is 12.5. The number of hydrogen-bond donors (Lipinski definition) is 1. The first-order valence-electron chi connectivity index (χ1n) is 12.9. The van der Waals surface area contributed by atoms with E-state index in [1.54, 1.807) is 5.57 Å². The highest BCUT2D eigenvalue weighted by Crippen LogP contribution is 2.67. The lowest BCUT2D eigenvalue weighted by molar-refractivity contribution is -0.126. The number of ketones is 1. The summed E-state index contributed by atoms with van der Waals surface area (Å²) in [5.41, 5.74) is 2.18. The molecule has 0 aliphatic heterocycles. The van der Waals surface area contributed by atoms with Crippen LogP contribution < -0.4 is 0 Å². The predicted octanol–water partition coefficient (Wildman–Crippen LogP) is 6.96. The molecule has 4 aliphatic rings. The monoisotopic (exact) mass is 414 g/mol. The van der Waals surface area contributed by atoms with Crippen molar-refractivity contribution in [2.24, 2.45) is 45.8 Å². The number of allylic oxidation sites excluding steroid dienone is 1. The molecule has 4 aliphatic carbocycles. The lowest BCUT2D eigenvalue weighted by atomic mass is 9.47. The van der Waals surface area contributed by atoms with Crippen molar-refractivity contribution < 1.29 is 9.90 Å². The Morgan fingerprint density at radius 2 is 1.87 bits per heavy atom. The number of carbonyl (C=O) groups excluding carboxylic acids is 1. The van der Waals surface area contributed by atoms with Gasteiger partial charge in [-0.2, -0.15) is 0 Å². The molecule has 3 fully saturated rings. The fourth-order valence-corrected chi connectivity index (χ4v) is 8.55. The minimum Gasteiger partial charge on any atom is -0.393 e. The molecule has 4 rings (SSSR count). The van der Waals surface area contributed by atoms with Gasteiger partial charge in [0.05, 0.1) is 6.10 Å². The molecule has 3 saturated carbocycles. The fraction of sp³-hybridized carbons (Fsp3) is 0.893. The van der Waals surface area contributed by atoms with E-state index in [1.165, 1.54) is 38.5 Å². The van der Waals surface area contributed by atoms with Gasteiger partial charge in [0, 0.05) is 11.8 Å². The lowest BCUT2D eigenvalue weighted by Gasteiger charge is -2.58. The fourth-order valence-electron chi connectivity index (χ4n) is 8.55. The van der Waals surface area contributed by atoms with E-state index in [4.69, 9.17) is 0 Å². The summed E-state index contributed by atoms with van der Waals surface area (Å²) in [5.74, 6) is 4.36. The molecule has 0 unspecified atom stereocenters. The van der Waals surface area contributed by atoms with Gasteiger partial charge in [-0.15, -0.1) is 0 Å². The Labute approximate surface area is 185 Å². The quantitative estimate of drug-likeness (QED) is 0.505. The molecule has 170 valence electrons. The van der Waals surface area contributed by atoms with Crippen molar-refractivity contribution in [3.05, 3.63) is 11.6 Å². The number of carbonyl (C=O) groups is 1. The van der Waals surface area contributed by atoms with Crippen molar-refractivity contribution in [1.29, 1.82) is 0 Å². The smallest absolute Gasteiger partial charge is 0.138 e. The van der Waals surface area contributed by atoms with E-state index in [2.05, 4.69) is 47.6 Å². The van der Waals surface area contributed by atoms with Gasteiger partial charge in [0.25, 0.3) is 0 Å². The Bertz CT molecular complexity index is 700. The molecular formula is C28H46O2. The minimum absolute atomic E-state index is 0.109. The first-order chi connectivity index (χ1) is 14.0. The van der Waals surface area contributed by atoms with Crippen LogP contribution in [0.2, 0.25) is 0 Å². The van der Waals surface area contributed by atoms with Crippen molar-refractivity contribution in [2.75, 3.05) is 0 Å². The molecule has 0 heterocycles. The molecule has 0 amide bonds. The van der Waals surface area contributed by atoms with Crippen LogP contribution in [0.3, 0.4) is 0 Å². The molecule has 0 bridgehead atoms. The third-order valence-electron chi connectivity index (χ3n) is 10.5. The Morgan fingerprint density at radius 3 is 2.57 bits per heavy atom. The Hall–Kier alpha value is -0.630. The highest BCUT2D eigenvalue weighted by Gasteiger charge is 2.59. The summed E-state index contributed by atoms with van der Waals surface area (Å²) < 4.78 is 0. The summed E-state index contributed by atoms with van der Waals surface area (Å²) in [5, 5.41) is 10.2. The SMILES string of the molecule is C[C@H](CCC(=O)C(C)(C)C)[C@H]1CC[C@H]2[C@@H]3CC=C4C[C@H](O)CC[C@]4(C)[C@H]3CC[C@]12C. The van der Waals surface area contributed by atoms with Crippen LogP contribution in [0, 0.1) is 45.8 Å².